The Balaban J connectivity index is 2.17. The van der Waals surface area contributed by atoms with Gasteiger partial charge in [0.25, 0.3) is 5.91 Å². The molecule has 4 rings (SSSR count). The summed E-state index contributed by atoms with van der Waals surface area (Å²) in [5.41, 5.74) is 1.54. The molecule has 4 nitrogen and oxygen atoms in total. The molecule has 0 fully saturated rings. The van der Waals surface area contributed by atoms with Gasteiger partial charge in [-0.2, -0.15) is 0 Å². The number of hydrogen-bond donors (Lipinski definition) is 1. The molecule has 0 aliphatic rings. The zero-order valence-corrected chi connectivity index (χ0v) is 18.1. The zero-order chi connectivity index (χ0) is 22.3. The second kappa shape index (κ2) is 7.55. The van der Waals surface area contributed by atoms with Crippen molar-refractivity contribution in [3.8, 4) is 11.1 Å². The second-order valence-electron chi connectivity index (χ2n) is 8.76. The molecular weight excluding hydrogens is 386 g/mol. The largest absolute Gasteiger partial charge is 0.478 e. The molecule has 0 saturated heterocycles. The maximum atomic E-state index is 13.6. The smallest absolute Gasteiger partial charge is 0.336 e. The summed E-state index contributed by atoms with van der Waals surface area (Å²) in [6.07, 6.45) is 0. The Hall–Kier alpha value is -3.66. The number of aromatic carboxylic acids is 1. The molecule has 0 unspecified atom stereocenters. The number of hydrogen-bond acceptors (Lipinski definition) is 2. The third kappa shape index (κ3) is 3.55. The van der Waals surface area contributed by atoms with E-state index in [0.717, 1.165) is 21.5 Å². The van der Waals surface area contributed by atoms with Crippen molar-refractivity contribution in [1.29, 1.82) is 0 Å². The van der Waals surface area contributed by atoms with Crippen LogP contribution in [0.15, 0.2) is 72.8 Å². The highest BCUT2D eigenvalue weighted by Crippen LogP contribution is 2.40. The molecule has 0 aliphatic carbocycles. The molecule has 1 N–H and O–H groups in total. The van der Waals surface area contributed by atoms with Crippen LogP contribution in [0, 0.1) is 0 Å². The Labute approximate surface area is 181 Å². The van der Waals surface area contributed by atoms with Gasteiger partial charge in [-0.05, 0) is 54.4 Å². The zero-order valence-electron chi connectivity index (χ0n) is 18.1. The van der Waals surface area contributed by atoms with Gasteiger partial charge in [0.1, 0.15) is 0 Å². The quantitative estimate of drug-likeness (QED) is 0.435. The van der Waals surface area contributed by atoms with Gasteiger partial charge in [0.05, 0.1) is 5.56 Å². The van der Waals surface area contributed by atoms with Gasteiger partial charge >= 0.3 is 5.97 Å². The van der Waals surface area contributed by atoms with Crippen molar-refractivity contribution in [3.05, 3.63) is 83.9 Å². The molecule has 0 spiro atoms. The van der Waals surface area contributed by atoms with E-state index in [1.54, 1.807) is 18.0 Å². The predicted octanol–water partition coefficient (Wildman–Crippen LogP) is 6.23. The van der Waals surface area contributed by atoms with Crippen molar-refractivity contribution in [1.82, 2.24) is 4.90 Å². The molecule has 4 aromatic carbocycles. The van der Waals surface area contributed by atoms with E-state index in [2.05, 4.69) is 0 Å². The minimum atomic E-state index is -1.02. The number of carboxylic acid groups (broad SMARTS) is 1. The summed E-state index contributed by atoms with van der Waals surface area (Å²) < 4.78 is 0. The van der Waals surface area contributed by atoms with Gasteiger partial charge in [0, 0.05) is 29.3 Å². The summed E-state index contributed by atoms with van der Waals surface area (Å²) >= 11 is 0. The normalized spacial score (nSPS) is 11.6. The molecule has 156 valence electrons. The molecule has 0 saturated carbocycles. The van der Waals surface area contributed by atoms with Crippen LogP contribution >= 0.6 is 0 Å². The molecule has 0 aliphatic heterocycles. The third-order valence-electron chi connectivity index (χ3n) is 5.88. The van der Waals surface area contributed by atoms with Crippen molar-refractivity contribution in [2.24, 2.45) is 0 Å². The lowest BCUT2D eigenvalue weighted by Crippen LogP contribution is -2.42. The maximum Gasteiger partial charge on any atom is 0.336 e. The lowest BCUT2D eigenvalue weighted by atomic mass is 9.86. The number of carbonyl (C=O) groups excluding carboxylic acids is 1. The van der Waals surface area contributed by atoms with E-state index >= 15 is 0 Å². The second-order valence-corrected chi connectivity index (χ2v) is 8.76. The number of nitrogens with zero attached hydrogens (tertiary/aromatic N) is 1. The van der Waals surface area contributed by atoms with Gasteiger partial charge in [0.2, 0.25) is 0 Å². The summed E-state index contributed by atoms with van der Waals surface area (Å²) in [5, 5.41) is 13.6. The molecule has 4 heteroatoms. The van der Waals surface area contributed by atoms with E-state index in [-0.39, 0.29) is 17.0 Å². The molecule has 0 aromatic heterocycles. The van der Waals surface area contributed by atoms with Gasteiger partial charge in [-0.25, -0.2) is 4.79 Å². The van der Waals surface area contributed by atoms with Crippen molar-refractivity contribution in [3.63, 3.8) is 0 Å². The summed E-state index contributed by atoms with van der Waals surface area (Å²) in [4.78, 5) is 27.6. The minimum absolute atomic E-state index is 0.141. The average Bonchev–Trinajstić information content (AvgIpc) is 2.75. The Morgan fingerprint density at radius 3 is 1.65 bits per heavy atom. The number of carbonyl (C=O) groups is 2. The molecular formula is C27H25NO3. The molecule has 31 heavy (non-hydrogen) atoms. The molecule has 4 aromatic rings. The van der Waals surface area contributed by atoms with Crippen molar-refractivity contribution >= 4 is 33.4 Å². The van der Waals surface area contributed by atoms with Gasteiger partial charge in [0.15, 0.2) is 0 Å². The van der Waals surface area contributed by atoms with E-state index in [4.69, 9.17) is 0 Å². The van der Waals surface area contributed by atoms with Crippen LogP contribution in [0.3, 0.4) is 0 Å². The lowest BCUT2D eigenvalue weighted by molar-refractivity contribution is 0.0653. The Kier molecular flexibility index (Phi) is 5.02. The first-order chi connectivity index (χ1) is 14.7. The number of carboxylic acids is 1. The first-order valence-electron chi connectivity index (χ1n) is 10.3. The third-order valence-corrected chi connectivity index (χ3v) is 5.88. The van der Waals surface area contributed by atoms with Crippen LogP contribution in [0.25, 0.3) is 32.7 Å². The predicted molar refractivity (Wildman–Crippen MR) is 126 cm³/mol. The average molecular weight is 412 g/mol. The SMILES string of the molecule is CN(C(=O)c1ccc2ccccc2c1-c1c(C(=O)O)ccc2ccccc12)C(C)(C)C. The van der Waals surface area contributed by atoms with Gasteiger partial charge in [-0.3, -0.25) is 4.79 Å². The van der Waals surface area contributed by atoms with Crippen LogP contribution in [0.5, 0.6) is 0 Å². The standard InChI is InChI=1S/C27H25NO3/c1-27(2,3)28(4)25(29)21-15-13-17-9-5-7-11-19(17)23(21)24-20-12-8-6-10-18(20)14-16-22(24)26(30)31/h5-16H,1-4H3,(H,30,31). The van der Waals surface area contributed by atoms with Crippen LogP contribution < -0.4 is 0 Å². The first kappa shape index (κ1) is 20.6. The van der Waals surface area contributed by atoms with E-state index in [1.807, 2.05) is 87.5 Å². The Morgan fingerprint density at radius 1 is 0.710 bits per heavy atom. The van der Waals surface area contributed by atoms with Crippen molar-refractivity contribution < 1.29 is 14.7 Å². The van der Waals surface area contributed by atoms with E-state index in [1.165, 1.54) is 0 Å². The van der Waals surface area contributed by atoms with Crippen molar-refractivity contribution in [2.75, 3.05) is 7.05 Å². The van der Waals surface area contributed by atoms with Crippen LogP contribution in [0.2, 0.25) is 0 Å². The Morgan fingerprint density at radius 2 is 1.16 bits per heavy atom. The summed E-state index contributed by atoms with van der Waals surface area (Å²) in [6.45, 7) is 5.94. The minimum Gasteiger partial charge on any atom is -0.478 e. The highest BCUT2D eigenvalue weighted by Gasteiger charge is 2.28. The van der Waals surface area contributed by atoms with Crippen LogP contribution in [0.4, 0.5) is 0 Å². The number of rotatable bonds is 3. The van der Waals surface area contributed by atoms with Crippen LogP contribution in [-0.2, 0) is 0 Å². The molecule has 0 heterocycles. The Bertz CT molecular complexity index is 1330. The highest BCUT2D eigenvalue weighted by atomic mass is 16.4. The monoisotopic (exact) mass is 411 g/mol. The molecule has 0 radical (unpaired) electrons. The van der Waals surface area contributed by atoms with Crippen LogP contribution in [-0.4, -0.2) is 34.5 Å². The fraction of sp³-hybridized carbons (Fsp3) is 0.185. The fourth-order valence-corrected chi connectivity index (χ4v) is 3.92. The molecule has 0 bridgehead atoms. The summed E-state index contributed by atoms with van der Waals surface area (Å²) in [6, 6.07) is 22.7. The molecule has 0 atom stereocenters. The number of benzene rings is 4. The number of fused-ring (bicyclic) bond motifs is 2. The van der Waals surface area contributed by atoms with E-state index in [9.17, 15) is 14.7 Å². The van der Waals surface area contributed by atoms with Gasteiger partial charge in [-0.1, -0.05) is 60.7 Å². The lowest BCUT2D eigenvalue weighted by Gasteiger charge is -2.33. The first-order valence-corrected chi connectivity index (χ1v) is 10.3. The number of amides is 1. The van der Waals surface area contributed by atoms with Gasteiger partial charge < -0.3 is 10.0 Å². The van der Waals surface area contributed by atoms with E-state index < -0.39 is 5.97 Å². The maximum absolute atomic E-state index is 13.6. The molecule has 1 amide bonds. The van der Waals surface area contributed by atoms with E-state index in [0.29, 0.717) is 16.7 Å². The summed E-state index contributed by atoms with van der Waals surface area (Å²) in [5.74, 6) is -1.16. The van der Waals surface area contributed by atoms with Gasteiger partial charge in [-0.15, -0.1) is 0 Å². The highest BCUT2D eigenvalue weighted by molar-refractivity contribution is 6.18. The topological polar surface area (TPSA) is 57.6 Å². The van der Waals surface area contributed by atoms with Crippen molar-refractivity contribution in [2.45, 2.75) is 26.3 Å². The van der Waals surface area contributed by atoms with Crippen LogP contribution in [0.1, 0.15) is 41.5 Å². The fourth-order valence-electron chi connectivity index (χ4n) is 3.92. The summed E-state index contributed by atoms with van der Waals surface area (Å²) in [7, 11) is 1.78.